The highest BCUT2D eigenvalue weighted by atomic mass is 32.1. The number of thiocarbonyl (C=S) groups is 1. The predicted octanol–water partition coefficient (Wildman–Crippen LogP) is 4.88. The first-order valence-corrected chi connectivity index (χ1v) is 14.2. The molecule has 2 aromatic rings. The fraction of sp³-hybridized carbons (Fsp3) is 0.607. The maximum absolute atomic E-state index is 13.6. The van der Waals surface area contributed by atoms with E-state index in [1.54, 1.807) is 0 Å². The van der Waals surface area contributed by atoms with E-state index in [4.69, 9.17) is 26.9 Å². The molecule has 0 aliphatic carbocycles. The number of hydrogen-bond donors (Lipinski definition) is 2. The molecule has 0 bridgehead atoms. The average Bonchev–Trinajstić information content (AvgIpc) is 2.93. The molecule has 0 amide bonds. The van der Waals surface area contributed by atoms with E-state index in [0.29, 0.717) is 36.7 Å². The molecular weight excluding hydrogens is 487 g/mol. The van der Waals surface area contributed by atoms with Gasteiger partial charge in [-0.3, -0.25) is 0 Å². The maximum atomic E-state index is 13.6. The number of anilines is 3. The molecule has 4 heterocycles. The fourth-order valence-corrected chi connectivity index (χ4v) is 6.01. The van der Waals surface area contributed by atoms with E-state index in [9.17, 15) is 4.39 Å². The van der Waals surface area contributed by atoms with Crippen LogP contribution in [0.4, 0.5) is 22.0 Å². The average molecular weight is 527 g/mol. The van der Waals surface area contributed by atoms with Crippen molar-refractivity contribution in [3.8, 4) is 0 Å². The lowest BCUT2D eigenvalue weighted by atomic mass is 9.74. The van der Waals surface area contributed by atoms with Gasteiger partial charge in [0.15, 0.2) is 5.11 Å². The van der Waals surface area contributed by atoms with Crippen LogP contribution in [0.15, 0.2) is 30.3 Å². The Morgan fingerprint density at radius 3 is 2.41 bits per heavy atom. The van der Waals surface area contributed by atoms with Gasteiger partial charge in [0.25, 0.3) is 0 Å². The van der Waals surface area contributed by atoms with Crippen LogP contribution in [0, 0.1) is 11.7 Å². The first-order valence-electron chi connectivity index (χ1n) is 13.8. The van der Waals surface area contributed by atoms with E-state index in [1.165, 1.54) is 44.2 Å². The van der Waals surface area contributed by atoms with Crippen LogP contribution in [0.3, 0.4) is 0 Å². The van der Waals surface area contributed by atoms with Crippen LogP contribution in [0.1, 0.15) is 57.4 Å². The second-order valence-corrected chi connectivity index (χ2v) is 11.3. The van der Waals surface area contributed by atoms with E-state index >= 15 is 0 Å². The number of hydrogen-bond acceptors (Lipinski definition) is 6. The van der Waals surface area contributed by atoms with Gasteiger partial charge in [0.2, 0.25) is 5.95 Å². The minimum absolute atomic E-state index is 0.163. The smallest absolute Gasteiger partial charge is 0.232 e. The summed E-state index contributed by atoms with van der Waals surface area (Å²) in [6, 6.07) is 8.99. The first-order chi connectivity index (χ1) is 18.0. The molecule has 1 unspecified atom stereocenters. The Hall–Kier alpha value is -2.52. The molecule has 5 rings (SSSR count). The third-order valence-corrected chi connectivity index (χ3v) is 8.33. The quantitative estimate of drug-likeness (QED) is 0.517. The van der Waals surface area contributed by atoms with Crippen molar-refractivity contribution in [3.63, 3.8) is 0 Å². The molecule has 37 heavy (non-hydrogen) atoms. The van der Waals surface area contributed by atoms with Gasteiger partial charge in [0.1, 0.15) is 17.5 Å². The highest BCUT2D eigenvalue weighted by molar-refractivity contribution is 7.80. The van der Waals surface area contributed by atoms with Crippen LogP contribution < -0.4 is 20.4 Å². The standard InChI is InChI=1S/C28H39FN6OS/c1-21-6-5-15-35(19-21)25-18-24(34-13-3-2-4-14-34)31-26(32-25)33-27(37)30-20-28(11-16-36-17-12-28)22-7-9-23(29)10-8-22/h7-10,18,21H,2-6,11-17,19-20H2,1H3,(H2,30,31,32,33,37). The molecule has 3 saturated heterocycles. The van der Waals surface area contributed by atoms with Crippen molar-refractivity contribution in [1.82, 2.24) is 15.3 Å². The number of halogens is 1. The van der Waals surface area contributed by atoms with Crippen molar-refractivity contribution in [2.45, 2.75) is 57.3 Å². The third kappa shape index (κ3) is 6.49. The molecule has 0 spiro atoms. The van der Waals surface area contributed by atoms with E-state index in [1.807, 2.05) is 12.1 Å². The summed E-state index contributed by atoms with van der Waals surface area (Å²) >= 11 is 5.72. The highest BCUT2D eigenvalue weighted by Gasteiger charge is 2.34. The molecule has 9 heteroatoms. The van der Waals surface area contributed by atoms with Gasteiger partial charge in [0, 0.05) is 57.4 Å². The molecule has 0 saturated carbocycles. The first kappa shape index (κ1) is 26.1. The third-order valence-electron chi connectivity index (χ3n) is 8.08. The van der Waals surface area contributed by atoms with Gasteiger partial charge in [-0.2, -0.15) is 9.97 Å². The van der Waals surface area contributed by atoms with Crippen molar-refractivity contribution in [2.24, 2.45) is 5.92 Å². The predicted molar refractivity (Wildman–Crippen MR) is 151 cm³/mol. The molecule has 7 nitrogen and oxygen atoms in total. The zero-order valence-electron chi connectivity index (χ0n) is 21.8. The lowest BCUT2D eigenvalue weighted by Crippen LogP contribution is -2.45. The molecule has 1 aromatic heterocycles. The van der Waals surface area contributed by atoms with Crippen molar-refractivity contribution >= 4 is 34.9 Å². The Morgan fingerprint density at radius 2 is 1.70 bits per heavy atom. The summed E-state index contributed by atoms with van der Waals surface area (Å²) in [6.07, 6.45) is 7.82. The minimum Gasteiger partial charge on any atom is -0.381 e. The number of ether oxygens (including phenoxy) is 1. The summed E-state index contributed by atoms with van der Waals surface area (Å²) in [5.41, 5.74) is 0.945. The summed E-state index contributed by atoms with van der Waals surface area (Å²) in [5, 5.41) is 7.21. The van der Waals surface area contributed by atoms with Gasteiger partial charge in [0.05, 0.1) is 0 Å². The normalized spacial score (nSPS) is 21.9. The number of aromatic nitrogens is 2. The lowest BCUT2D eigenvalue weighted by Gasteiger charge is -2.38. The Labute approximate surface area is 225 Å². The Bertz CT molecular complexity index is 1060. The molecule has 1 atom stereocenters. The van der Waals surface area contributed by atoms with E-state index in [2.05, 4.69) is 33.4 Å². The Kier molecular flexibility index (Phi) is 8.39. The van der Waals surface area contributed by atoms with Crippen LogP contribution in [0.25, 0.3) is 0 Å². The summed E-state index contributed by atoms with van der Waals surface area (Å²) in [5.74, 6) is 2.92. The number of nitrogens with zero attached hydrogens (tertiary/aromatic N) is 4. The number of nitrogens with one attached hydrogen (secondary N) is 2. The van der Waals surface area contributed by atoms with E-state index < -0.39 is 0 Å². The van der Waals surface area contributed by atoms with Crippen LogP contribution in [0.5, 0.6) is 0 Å². The summed E-state index contributed by atoms with van der Waals surface area (Å²) in [7, 11) is 0. The highest BCUT2D eigenvalue weighted by Crippen LogP contribution is 2.34. The van der Waals surface area contributed by atoms with Crippen molar-refractivity contribution in [2.75, 3.05) is 61.1 Å². The van der Waals surface area contributed by atoms with E-state index in [-0.39, 0.29) is 11.2 Å². The van der Waals surface area contributed by atoms with Gasteiger partial charge in [-0.15, -0.1) is 0 Å². The number of benzene rings is 1. The maximum Gasteiger partial charge on any atom is 0.232 e. The Morgan fingerprint density at radius 1 is 1.03 bits per heavy atom. The van der Waals surface area contributed by atoms with Crippen LogP contribution >= 0.6 is 12.2 Å². The molecule has 3 fully saturated rings. The van der Waals surface area contributed by atoms with Crippen molar-refractivity contribution in [3.05, 3.63) is 41.7 Å². The van der Waals surface area contributed by atoms with Gasteiger partial charge < -0.3 is 25.2 Å². The van der Waals surface area contributed by atoms with E-state index in [0.717, 1.165) is 56.2 Å². The molecule has 2 N–H and O–H groups in total. The summed E-state index contributed by atoms with van der Waals surface area (Å²) in [4.78, 5) is 14.5. The number of rotatable bonds is 6. The number of piperidine rings is 2. The molecular formula is C28H39FN6OS. The Balaban J connectivity index is 1.32. The van der Waals surface area contributed by atoms with Gasteiger partial charge in [-0.25, -0.2) is 4.39 Å². The second kappa shape index (κ2) is 11.9. The van der Waals surface area contributed by atoms with Crippen molar-refractivity contribution in [1.29, 1.82) is 0 Å². The zero-order chi connectivity index (χ0) is 25.7. The fourth-order valence-electron chi connectivity index (χ4n) is 5.85. The van der Waals surface area contributed by atoms with Crippen LogP contribution in [0.2, 0.25) is 0 Å². The zero-order valence-corrected chi connectivity index (χ0v) is 22.7. The molecule has 3 aliphatic heterocycles. The van der Waals surface area contributed by atoms with Crippen molar-refractivity contribution < 1.29 is 9.13 Å². The van der Waals surface area contributed by atoms with Crippen LogP contribution in [-0.2, 0) is 10.2 Å². The molecule has 1 aromatic carbocycles. The SMILES string of the molecule is CC1CCCN(c2cc(N3CCCCC3)nc(NC(=S)NCC3(c4ccc(F)cc4)CCOCC3)n2)C1. The van der Waals surface area contributed by atoms with Gasteiger partial charge in [-0.05, 0) is 80.8 Å². The van der Waals surface area contributed by atoms with Crippen LogP contribution in [-0.4, -0.2) is 61.0 Å². The molecule has 0 radical (unpaired) electrons. The second-order valence-electron chi connectivity index (χ2n) is 10.9. The molecule has 200 valence electrons. The minimum atomic E-state index is -0.222. The van der Waals surface area contributed by atoms with Gasteiger partial charge >= 0.3 is 0 Å². The van der Waals surface area contributed by atoms with Gasteiger partial charge in [-0.1, -0.05) is 19.1 Å². The largest absolute Gasteiger partial charge is 0.381 e. The summed E-state index contributed by atoms with van der Waals surface area (Å²) < 4.78 is 19.2. The monoisotopic (exact) mass is 526 g/mol. The lowest BCUT2D eigenvalue weighted by molar-refractivity contribution is 0.0515. The topological polar surface area (TPSA) is 65.5 Å². The molecule has 3 aliphatic rings. The summed E-state index contributed by atoms with van der Waals surface area (Å²) in [6.45, 7) is 8.39.